The minimum atomic E-state index is 0. The molecule has 0 aromatic heterocycles. The number of rotatable bonds is 5. The van der Waals surface area contributed by atoms with E-state index < -0.39 is 0 Å². The first-order chi connectivity index (χ1) is 9.25. The Morgan fingerprint density at radius 3 is 2.52 bits per heavy atom. The highest BCUT2D eigenvalue weighted by atomic mass is 35.5. The van der Waals surface area contributed by atoms with Crippen LogP contribution in [-0.4, -0.2) is 56.2 Å². The van der Waals surface area contributed by atoms with Crippen molar-refractivity contribution in [1.29, 1.82) is 0 Å². The number of carbonyl (C=O) groups is 1. The zero-order chi connectivity index (χ0) is 13.5. The topological polar surface area (TPSA) is 67.6 Å². The average Bonchev–Trinajstić information content (AvgIpc) is 2.43. The standard InChI is InChI=1S/C14H27N3O2.2ClH/c15-13-4-2-1-3-12(13)11-14(18)16-5-6-17-7-9-19-10-8-17;;/h12-13H,1-11,15H2,(H,16,18);2*1H. The van der Waals surface area contributed by atoms with Gasteiger partial charge in [0.05, 0.1) is 13.2 Å². The maximum absolute atomic E-state index is 11.9. The fourth-order valence-electron chi connectivity index (χ4n) is 2.98. The molecule has 2 aliphatic rings. The van der Waals surface area contributed by atoms with E-state index in [1.54, 1.807) is 0 Å². The smallest absolute Gasteiger partial charge is 0.220 e. The predicted octanol–water partition coefficient (Wildman–Crippen LogP) is 1.19. The Labute approximate surface area is 140 Å². The first kappa shape index (κ1) is 20.9. The second-order valence-electron chi connectivity index (χ2n) is 5.72. The van der Waals surface area contributed by atoms with Crippen LogP contribution in [0.5, 0.6) is 0 Å². The number of nitrogens with two attached hydrogens (primary N) is 1. The van der Waals surface area contributed by atoms with Gasteiger partial charge in [-0.3, -0.25) is 9.69 Å². The summed E-state index contributed by atoms with van der Waals surface area (Å²) in [6.45, 7) is 5.23. The minimum absolute atomic E-state index is 0. The van der Waals surface area contributed by atoms with Crippen molar-refractivity contribution in [2.24, 2.45) is 11.7 Å². The summed E-state index contributed by atoms with van der Waals surface area (Å²) in [6, 6.07) is 0.221. The summed E-state index contributed by atoms with van der Waals surface area (Å²) in [5, 5.41) is 3.02. The van der Waals surface area contributed by atoms with Crippen LogP contribution in [0.15, 0.2) is 0 Å². The second-order valence-corrected chi connectivity index (χ2v) is 5.72. The lowest BCUT2D eigenvalue weighted by Gasteiger charge is -2.28. The molecule has 1 saturated heterocycles. The molecule has 2 atom stereocenters. The van der Waals surface area contributed by atoms with Crippen LogP contribution < -0.4 is 11.1 Å². The number of nitrogens with one attached hydrogen (secondary N) is 1. The molecular weight excluding hydrogens is 313 g/mol. The number of carbonyl (C=O) groups excluding carboxylic acids is 1. The number of morpholine rings is 1. The molecule has 0 bridgehead atoms. The molecule has 1 aliphatic carbocycles. The van der Waals surface area contributed by atoms with Crippen LogP contribution in [0.4, 0.5) is 0 Å². The number of halogens is 2. The van der Waals surface area contributed by atoms with Gasteiger partial charge in [-0.25, -0.2) is 0 Å². The highest BCUT2D eigenvalue weighted by Gasteiger charge is 2.24. The largest absolute Gasteiger partial charge is 0.379 e. The van der Waals surface area contributed by atoms with Crippen LogP contribution in [0.1, 0.15) is 32.1 Å². The number of amides is 1. The van der Waals surface area contributed by atoms with Crippen molar-refractivity contribution in [2.75, 3.05) is 39.4 Å². The maximum atomic E-state index is 11.9. The van der Waals surface area contributed by atoms with E-state index in [-0.39, 0.29) is 36.8 Å². The maximum Gasteiger partial charge on any atom is 0.220 e. The van der Waals surface area contributed by atoms with E-state index in [1.807, 2.05) is 0 Å². The first-order valence-electron chi connectivity index (χ1n) is 7.58. The SMILES string of the molecule is Cl.Cl.NC1CCCCC1CC(=O)NCCN1CCOCC1. The predicted molar refractivity (Wildman–Crippen MR) is 89.3 cm³/mol. The summed E-state index contributed by atoms with van der Waals surface area (Å²) in [7, 11) is 0. The fourth-order valence-corrected chi connectivity index (χ4v) is 2.98. The number of ether oxygens (including phenoxy) is 1. The van der Waals surface area contributed by atoms with Crippen LogP contribution in [0.2, 0.25) is 0 Å². The van der Waals surface area contributed by atoms with Gasteiger partial charge in [0, 0.05) is 38.6 Å². The molecule has 21 heavy (non-hydrogen) atoms. The second kappa shape index (κ2) is 11.5. The van der Waals surface area contributed by atoms with E-state index in [9.17, 15) is 4.79 Å². The van der Waals surface area contributed by atoms with Gasteiger partial charge < -0.3 is 15.8 Å². The van der Waals surface area contributed by atoms with E-state index in [4.69, 9.17) is 10.5 Å². The number of nitrogens with zero attached hydrogens (tertiary/aromatic N) is 1. The Morgan fingerprint density at radius 2 is 1.86 bits per heavy atom. The Morgan fingerprint density at radius 1 is 1.19 bits per heavy atom. The lowest BCUT2D eigenvalue weighted by molar-refractivity contribution is -0.122. The number of hydrogen-bond acceptors (Lipinski definition) is 4. The molecule has 2 fully saturated rings. The zero-order valence-electron chi connectivity index (χ0n) is 12.6. The van der Waals surface area contributed by atoms with Crippen molar-refractivity contribution >= 4 is 30.7 Å². The van der Waals surface area contributed by atoms with Gasteiger partial charge in [0.25, 0.3) is 0 Å². The van der Waals surface area contributed by atoms with E-state index in [0.717, 1.165) is 52.2 Å². The molecule has 2 rings (SSSR count). The number of hydrogen-bond donors (Lipinski definition) is 2. The molecule has 7 heteroatoms. The van der Waals surface area contributed by atoms with E-state index in [1.165, 1.54) is 12.8 Å². The molecule has 126 valence electrons. The van der Waals surface area contributed by atoms with E-state index >= 15 is 0 Å². The Kier molecular flexibility index (Phi) is 11.5. The van der Waals surface area contributed by atoms with E-state index in [2.05, 4.69) is 10.2 Å². The van der Waals surface area contributed by atoms with Crippen LogP contribution in [0.3, 0.4) is 0 Å². The Hall–Kier alpha value is -0.0700. The Bertz CT molecular complexity index is 289. The average molecular weight is 342 g/mol. The van der Waals surface area contributed by atoms with Crippen LogP contribution in [-0.2, 0) is 9.53 Å². The lowest BCUT2D eigenvalue weighted by atomic mass is 9.83. The van der Waals surface area contributed by atoms with Crippen molar-refractivity contribution in [2.45, 2.75) is 38.1 Å². The third kappa shape index (κ3) is 7.66. The monoisotopic (exact) mass is 341 g/mol. The van der Waals surface area contributed by atoms with Crippen molar-refractivity contribution in [1.82, 2.24) is 10.2 Å². The normalized spacial score (nSPS) is 26.3. The van der Waals surface area contributed by atoms with Gasteiger partial charge in [0.2, 0.25) is 5.91 Å². The van der Waals surface area contributed by atoms with Crippen molar-refractivity contribution in [3.63, 3.8) is 0 Å². The molecule has 3 N–H and O–H groups in total. The summed E-state index contributed by atoms with van der Waals surface area (Å²) in [4.78, 5) is 14.2. The summed E-state index contributed by atoms with van der Waals surface area (Å²) in [5.74, 6) is 0.549. The summed E-state index contributed by atoms with van der Waals surface area (Å²) >= 11 is 0. The van der Waals surface area contributed by atoms with Crippen molar-refractivity contribution < 1.29 is 9.53 Å². The quantitative estimate of drug-likeness (QED) is 0.788. The van der Waals surface area contributed by atoms with Gasteiger partial charge in [-0.1, -0.05) is 12.8 Å². The van der Waals surface area contributed by atoms with E-state index in [0.29, 0.717) is 12.3 Å². The highest BCUT2D eigenvalue weighted by Crippen LogP contribution is 2.25. The Balaban J connectivity index is 0.00000200. The summed E-state index contributed by atoms with van der Waals surface area (Å²) < 4.78 is 5.30. The third-order valence-corrected chi connectivity index (χ3v) is 4.27. The van der Waals surface area contributed by atoms with Crippen molar-refractivity contribution in [3.05, 3.63) is 0 Å². The van der Waals surface area contributed by atoms with Crippen LogP contribution in [0.25, 0.3) is 0 Å². The molecule has 0 aromatic rings. The van der Waals surface area contributed by atoms with Crippen molar-refractivity contribution in [3.8, 4) is 0 Å². The molecule has 2 unspecified atom stereocenters. The van der Waals surface area contributed by atoms with Gasteiger partial charge in [-0.05, 0) is 18.8 Å². The molecular formula is C14H29Cl2N3O2. The fraction of sp³-hybridized carbons (Fsp3) is 0.929. The highest BCUT2D eigenvalue weighted by molar-refractivity contribution is 5.85. The lowest BCUT2D eigenvalue weighted by Crippen LogP contribution is -2.42. The zero-order valence-corrected chi connectivity index (χ0v) is 14.2. The molecule has 1 heterocycles. The molecule has 0 radical (unpaired) electrons. The minimum Gasteiger partial charge on any atom is -0.379 e. The molecule has 5 nitrogen and oxygen atoms in total. The molecule has 0 spiro atoms. The third-order valence-electron chi connectivity index (χ3n) is 4.27. The van der Waals surface area contributed by atoms with Crippen LogP contribution in [0, 0.1) is 5.92 Å². The first-order valence-corrected chi connectivity index (χ1v) is 7.58. The van der Waals surface area contributed by atoms with Gasteiger partial charge in [-0.2, -0.15) is 0 Å². The van der Waals surface area contributed by atoms with Gasteiger partial charge >= 0.3 is 0 Å². The molecule has 0 aromatic carbocycles. The van der Waals surface area contributed by atoms with Gasteiger partial charge in [0.1, 0.15) is 0 Å². The van der Waals surface area contributed by atoms with Gasteiger partial charge in [-0.15, -0.1) is 24.8 Å². The summed E-state index contributed by atoms with van der Waals surface area (Å²) in [5.41, 5.74) is 6.07. The van der Waals surface area contributed by atoms with Gasteiger partial charge in [0.15, 0.2) is 0 Å². The molecule has 1 amide bonds. The summed E-state index contributed by atoms with van der Waals surface area (Å²) in [6.07, 6.45) is 5.23. The van der Waals surface area contributed by atoms with Crippen LogP contribution >= 0.6 is 24.8 Å². The molecule has 1 saturated carbocycles. The molecule has 1 aliphatic heterocycles.